The Hall–Kier alpha value is -3.17. The Kier molecular flexibility index (Phi) is 3.21. The minimum atomic E-state index is -1.41. The lowest BCUT2D eigenvalue weighted by atomic mass is 10.2. The molecular formula is C10H8N4O6. The predicted molar refractivity (Wildman–Crippen MR) is 64.4 cm³/mol. The van der Waals surface area contributed by atoms with Gasteiger partial charge in [-0.05, 0) is 12.1 Å². The molecule has 0 saturated carbocycles. The molecule has 0 aliphatic carbocycles. The highest BCUT2D eigenvalue weighted by atomic mass is 16.6. The number of methoxy groups -OCH3 is 1. The van der Waals surface area contributed by atoms with Crippen LogP contribution in [0.5, 0.6) is 5.75 Å². The Morgan fingerprint density at radius 1 is 1.55 bits per heavy atom. The van der Waals surface area contributed by atoms with Crippen molar-refractivity contribution in [3.63, 3.8) is 0 Å². The van der Waals surface area contributed by atoms with Gasteiger partial charge in [-0.25, -0.2) is 9.59 Å². The molecule has 0 fully saturated rings. The second-order valence-corrected chi connectivity index (χ2v) is 3.61. The minimum absolute atomic E-state index is 0.0146. The summed E-state index contributed by atoms with van der Waals surface area (Å²) in [6, 6.07) is 3.70. The number of nitro benzene ring substituents is 1. The van der Waals surface area contributed by atoms with E-state index in [2.05, 4.69) is 5.10 Å². The third kappa shape index (κ3) is 2.21. The van der Waals surface area contributed by atoms with Gasteiger partial charge in [0.15, 0.2) is 5.75 Å². The number of nitrogens with zero attached hydrogens (tertiary/aromatic N) is 3. The van der Waals surface area contributed by atoms with E-state index >= 15 is 0 Å². The fraction of sp³-hybridized carbons (Fsp3) is 0.100. The van der Waals surface area contributed by atoms with E-state index in [1.54, 1.807) is 0 Å². The zero-order valence-electron chi connectivity index (χ0n) is 10.1. The SMILES string of the molecule is COc1ccc(-n2nc(C(=O)O)[nH]c2=O)cc1[N+](=O)[O-]. The molecule has 0 aliphatic heterocycles. The second-order valence-electron chi connectivity index (χ2n) is 3.61. The van der Waals surface area contributed by atoms with Crippen LogP contribution in [-0.2, 0) is 0 Å². The first-order valence-corrected chi connectivity index (χ1v) is 5.19. The number of nitro groups is 1. The summed E-state index contributed by atoms with van der Waals surface area (Å²) in [5, 5.41) is 23.1. The zero-order valence-corrected chi connectivity index (χ0v) is 10.1. The summed E-state index contributed by atoms with van der Waals surface area (Å²) in [6.45, 7) is 0. The number of H-pyrrole nitrogens is 1. The highest BCUT2D eigenvalue weighted by molar-refractivity contribution is 5.82. The molecule has 2 rings (SSSR count). The van der Waals surface area contributed by atoms with Crippen LogP contribution in [0, 0.1) is 10.1 Å². The van der Waals surface area contributed by atoms with E-state index < -0.39 is 22.4 Å². The molecule has 0 spiro atoms. The van der Waals surface area contributed by atoms with E-state index in [4.69, 9.17) is 9.84 Å². The number of aromatic carboxylic acids is 1. The molecule has 10 heteroatoms. The van der Waals surface area contributed by atoms with Crippen molar-refractivity contribution in [2.75, 3.05) is 7.11 Å². The molecule has 0 unspecified atom stereocenters. The molecule has 0 saturated heterocycles. The van der Waals surface area contributed by atoms with E-state index in [1.165, 1.54) is 19.2 Å². The lowest BCUT2D eigenvalue weighted by molar-refractivity contribution is -0.385. The Morgan fingerprint density at radius 3 is 2.75 bits per heavy atom. The van der Waals surface area contributed by atoms with E-state index in [-0.39, 0.29) is 17.1 Å². The Balaban J connectivity index is 2.59. The maximum atomic E-state index is 11.6. The first-order chi connectivity index (χ1) is 9.43. The molecule has 20 heavy (non-hydrogen) atoms. The van der Waals surface area contributed by atoms with Crippen molar-refractivity contribution in [1.82, 2.24) is 14.8 Å². The monoisotopic (exact) mass is 280 g/mol. The maximum absolute atomic E-state index is 11.6. The average Bonchev–Trinajstić information content (AvgIpc) is 2.80. The molecule has 0 bridgehead atoms. The molecule has 10 nitrogen and oxygen atoms in total. The third-order valence-electron chi connectivity index (χ3n) is 2.42. The Morgan fingerprint density at radius 2 is 2.25 bits per heavy atom. The van der Waals surface area contributed by atoms with Crippen LogP contribution in [-0.4, -0.2) is 37.9 Å². The molecule has 0 atom stereocenters. The average molecular weight is 280 g/mol. The van der Waals surface area contributed by atoms with Crippen molar-refractivity contribution < 1.29 is 19.6 Å². The van der Waals surface area contributed by atoms with E-state index in [9.17, 15) is 19.7 Å². The molecular weight excluding hydrogens is 272 g/mol. The summed E-state index contributed by atoms with van der Waals surface area (Å²) in [5.41, 5.74) is -1.13. The number of hydrogen-bond donors (Lipinski definition) is 2. The summed E-state index contributed by atoms with van der Waals surface area (Å²) in [4.78, 5) is 34.5. The zero-order chi connectivity index (χ0) is 14.9. The highest BCUT2D eigenvalue weighted by Gasteiger charge is 2.18. The Labute approximate surface area is 110 Å². The van der Waals surface area contributed by atoms with Gasteiger partial charge in [0.2, 0.25) is 5.82 Å². The van der Waals surface area contributed by atoms with Crippen molar-refractivity contribution in [3.8, 4) is 11.4 Å². The van der Waals surface area contributed by atoms with Crippen LogP contribution in [0.25, 0.3) is 5.69 Å². The highest BCUT2D eigenvalue weighted by Crippen LogP contribution is 2.28. The molecule has 0 amide bonds. The number of ether oxygens (including phenoxy) is 1. The van der Waals surface area contributed by atoms with Crippen LogP contribution in [0.2, 0.25) is 0 Å². The summed E-state index contributed by atoms with van der Waals surface area (Å²) in [6.07, 6.45) is 0. The Bertz CT molecular complexity index is 746. The number of carboxylic acid groups (broad SMARTS) is 1. The van der Waals surface area contributed by atoms with Crippen LogP contribution in [0.1, 0.15) is 10.6 Å². The standard InChI is InChI=1S/C10H8N4O6/c1-20-7-3-2-5(4-6(7)14(18)19)13-10(17)11-8(12-13)9(15)16/h2-4H,1H3,(H,15,16)(H,11,12,17). The number of aromatic amines is 1. The number of nitrogens with one attached hydrogen (secondary N) is 1. The number of benzene rings is 1. The van der Waals surface area contributed by atoms with Gasteiger partial charge in [-0.3, -0.25) is 15.1 Å². The van der Waals surface area contributed by atoms with E-state index in [1.807, 2.05) is 4.98 Å². The first kappa shape index (κ1) is 13.3. The second kappa shape index (κ2) is 4.84. The number of rotatable bonds is 4. The van der Waals surface area contributed by atoms with Crippen molar-refractivity contribution in [3.05, 3.63) is 44.6 Å². The van der Waals surface area contributed by atoms with Gasteiger partial charge in [0.05, 0.1) is 17.7 Å². The van der Waals surface area contributed by atoms with Crippen molar-refractivity contribution >= 4 is 11.7 Å². The minimum Gasteiger partial charge on any atom is -0.490 e. The number of carbonyl (C=O) groups is 1. The molecule has 1 aromatic heterocycles. The summed E-state index contributed by atoms with van der Waals surface area (Å²) in [7, 11) is 1.27. The molecule has 0 radical (unpaired) electrons. The van der Waals surface area contributed by atoms with Gasteiger partial charge in [-0.2, -0.15) is 4.68 Å². The van der Waals surface area contributed by atoms with Gasteiger partial charge in [-0.15, -0.1) is 5.10 Å². The molecule has 1 heterocycles. The quantitative estimate of drug-likeness (QED) is 0.600. The fourth-order valence-corrected chi connectivity index (χ4v) is 1.55. The van der Waals surface area contributed by atoms with Gasteiger partial charge in [0, 0.05) is 6.07 Å². The van der Waals surface area contributed by atoms with Crippen LogP contribution in [0.15, 0.2) is 23.0 Å². The topological polar surface area (TPSA) is 140 Å². The summed E-state index contributed by atoms with van der Waals surface area (Å²) in [5.74, 6) is -1.96. The maximum Gasteiger partial charge on any atom is 0.373 e. The lowest BCUT2D eigenvalue weighted by Crippen LogP contribution is -2.16. The van der Waals surface area contributed by atoms with Gasteiger partial charge >= 0.3 is 17.3 Å². The first-order valence-electron chi connectivity index (χ1n) is 5.19. The third-order valence-corrected chi connectivity index (χ3v) is 2.42. The van der Waals surface area contributed by atoms with Crippen LogP contribution in [0.4, 0.5) is 5.69 Å². The van der Waals surface area contributed by atoms with Crippen LogP contribution >= 0.6 is 0 Å². The lowest BCUT2D eigenvalue weighted by Gasteiger charge is -2.03. The molecule has 1 aromatic carbocycles. The van der Waals surface area contributed by atoms with Crippen molar-refractivity contribution in [2.24, 2.45) is 0 Å². The number of hydrogen-bond acceptors (Lipinski definition) is 6. The molecule has 104 valence electrons. The van der Waals surface area contributed by atoms with Gasteiger partial charge in [0.25, 0.3) is 0 Å². The molecule has 2 aromatic rings. The van der Waals surface area contributed by atoms with Gasteiger partial charge in [-0.1, -0.05) is 0 Å². The fourth-order valence-electron chi connectivity index (χ4n) is 1.55. The van der Waals surface area contributed by atoms with Crippen LogP contribution in [0.3, 0.4) is 0 Å². The van der Waals surface area contributed by atoms with E-state index in [0.29, 0.717) is 0 Å². The van der Waals surface area contributed by atoms with Crippen LogP contribution < -0.4 is 10.4 Å². The largest absolute Gasteiger partial charge is 0.490 e. The van der Waals surface area contributed by atoms with Crippen molar-refractivity contribution in [2.45, 2.75) is 0 Å². The summed E-state index contributed by atoms with van der Waals surface area (Å²) < 4.78 is 5.54. The smallest absolute Gasteiger partial charge is 0.373 e. The summed E-state index contributed by atoms with van der Waals surface area (Å²) >= 11 is 0. The number of carboxylic acids is 1. The van der Waals surface area contributed by atoms with Gasteiger partial charge < -0.3 is 9.84 Å². The van der Waals surface area contributed by atoms with Gasteiger partial charge in [0.1, 0.15) is 0 Å². The molecule has 2 N–H and O–H groups in total. The van der Waals surface area contributed by atoms with Crippen molar-refractivity contribution in [1.29, 1.82) is 0 Å². The number of aromatic nitrogens is 3. The van der Waals surface area contributed by atoms with E-state index in [0.717, 1.165) is 10.7 Å². The normalized spacial score (nSPS) is 10.2. The molecule has 0 aliphatic rings. The predicted octanol–water partition coefficient (Wildman–Crippen LogP) is 0.176.